The molecule has 0 spiro atoms. The van der Waals surface area contributed by atoms with E-state index in [1.54, 1.807) is 4.90 Å². The summed E-state index contributed by atoms with van der Waals surface area (Å²) >= 11 is 0. The molecule has 7 heteroatoms. The number of carbonyl (C=O) groups excluding carboxylic acids is 2. The topological polar surface area (TPSA) is 75.9 Å². The molecule has 4 saturated carbocycles. The number of fused-ring (bicyclic) bond motifs is 1. The molecule has 3 aromatic rings. The van der Waals surface area contributed by atoms with E-state index < -0.39 is 0 Å². The van der Waals surface area contributed by atoms with Crippen LogP contribution in [0.15, 0.2) is 54.7 Å². The van der Waals surface area contributed by atoms with E-state index in [4.69, 9.17) is 9.72 Å². The number of benzene rings is 1. The summed E-state index contributed by atoms with van der Waals surface area (Å²) in [7, 11) is 0. The Morgan fingerprint density at radius 1 is 0.973 bits per heavy atom. The van der Waals surface area contributed by atoms with Crippen molar-refractivity contribution in [2.75, 3.05) is 6.54 Å². The highest BCUT2D eigenvalue weighted by Crippen LogP contribution is 2.55. The fourth-order valence-corrected chi connectivity index (χ4v) is 8.08. The summed E-state index contributed by atoms with van der Waals surface area (Å²) in [4.78, 5) is 33.5. The van der Waals surface area contributed by atoms with E-state index in [-0.39, 0.29) is 30.2 Å². The highest BCUT2D eigenvalue weighted by atomic mass is 16.6. The maximum absolute atomic E-state index is 13.8. The fourth-order valence-electron chi connectivity index (χ4n) is 8.08. The molecule has 1 aromatic carbocycles. The average Bonchev–Trinajstić information content (AvgIpc) is 3.52. The lowest BCUT2D eigenvalue weighted by molar-refractivity contribution is -0.0167. The molecule has 7 nitrogen and oxygen atoms in total. The van der Waals surface area contributed by atoms with Gasteiger partial charge in [0.25, 0.3) is 5.91 Å². The van der Waals surface area contributed by atoms with Crippen molar-refractivity contribution in [3.8, 4) is 0 Å². The number of pyridine rings is 1. The molecule has 1 N–H and O–H groups in total. The maximum Gasteiger partial charge on any atom is 0.410 e. The van der Waals surface area contributed by atoms with Crippen LogP contribution in [0.2, 0.25) is 0 Å². The first-order valence-electron chi connectivity index (χ1n) is 13.8. The molecule has 2 aromatic heterocycles. The van der Waals surface area contributed by atoms with Crippen molar-refractivity contribution in [2.24, 2.45) is 17.8 Å². The maximum atomic E-state index is 13.8. The van der Waals surface area contributed by atoms with Crippen molar-refractivity contribution in [3.05, 3.63) is 71.8 Å². The molecule has 4 bridgehead atoms. The number of aromatic nitrogens is 2. The van der Waals surface area contributed by atoms with Crippen molar-refractivity contribution in [2.45, 2.75) is 69.6 Å². The number of hydrogen-bond acceptors (Lipinski definition) is 4. The van der Waals surface area contributed by atoms with Crippen LogP contribution in [0, 0.1) is 17.8 Å². The van der Waals surface area contributed by atoms with Gasteiger partial charge >= 0.3 is 6.09 Å². The number of carbonyl (C=O) groups is 2. The molecule has 5 fully saturated rings. The molecule has 1 unspecified atom stereocenters. The molecule has 3 heterocycles. The van der Waals surface area contributed by atoms with Crippen LogP contribution in [-0.4, -0.2) is 38.4 Å². The number of rotatable bonds is 5. The summed E-state index contributed by atoms with van der Waals surface area (Å²) in [5.41, 5.74) is 2.15. The molecule has 1 atom stereocenters. The van der Waals surface area contributed by atoms with E-state index >= 15 is 0 Å². The normalized spacial score (nSPS) is 30.1. The van der Waals surface area contributed by atoms with E-state index in [1.807, 2.05) is 59.1 Å². The Morgan fingerprint density at radius 2 is 1.68 bits per heavy atom. The summed E-state index contributed by atoms with van der Waals surface area (Å²) in [6.07, 6.45) is 10.6. The monoisotopic (exact) mass is 498 g/mol. The largest absolute Gasteiger partial charge is 0.445 e. The molecule has 5 aliphatic rings. The zero-order chi connectivity index (χ0) is 25.0. The fraction of sp³-hybridized carbons (Fsp3) is 0.500. The van der Waals surface area contributed by atoms with Crippen molar-refractivity contribution >= 4 is 17.5 Å². The lowest BCUT2D eigenvalue weighted by Crippen LogP contribution is -2.59. The molecule has 192 valence electrons. The first kappa shape index (κ1) is 22.8. The lowest BCUT2D eigenvalue weighted by atomic mass is 9.53. The van der Waals surface area contributed by atoms with Gasteiger partial charge in [0.2, 0.25) is 0 Å². The van der Waals surface area contributed by atoms with E-state index in [0.29, 0.717) is 12.2 Å². The van der Waals surface area contributed by atoms with Gasteiger partial charge in [-0.3, -0.25) is 9.69 Å². The average molecular weight is 499 g/mol. The van der Waals surface area contributed by atoms with Gasteiger partial charge in [0.15, 0.2) is 5.69 Å². The van der Waals surface area contributed by atoms with Crippen LogP contribution >= 0.6 is 0 Å². The van der Waals surface area contributed by atoms with Crippen LogP contribution in [0.25, 0.3) is 5.52 Å². The van der Waals surface area contributed by atoms with Gasteiger partial charge in [-0.1, -0.05) is 36.4 Å². The Hall–Kier alpha value is -3.35. The van der Waals surface area contributed by atoms with Crippen molar-refractivity contribution in [1.29, 1.82) is 0 Å². The number of imidazole rings is 1. The van der Waals surface area contributed by atoms with Gasteiger partial charge in [0, 0.05) is 18.3 Å². The van der Waals surface area contributed by atoms with E-state index in [0.717, 1.165) is 66.8 Å². The Balaban J connectivity index is 1.14. The van der Waals surface area contributed by atoms with Crippen molar-refractivity contribution in [3.63, 3.8) is 0 Å². The molecule has 8 rings (SSSR count). The predicted molar refractivity (Wildman–Crippen MR) is 139 cm³/mol. The number of amides is 2. The highest BCUT2D eigenvalue weighted by molar-refractivity contribution is 5.99. The van der Waals surface area contributed by atoms with E-state index in [9.17, 15) is 9.59 Å². The first-order valence-corrected chi connectivity index (χ1v) is 13.8. The minimum Gasteiger partial charge on any atom is -0.445 e. The Labute approximate surface area is 217 Å². The summed E-state index contributed by atoms with van der Waals surface area (Å²) in [6.45, 7) is 0.860. The van der Waals surface area contributed by atoms with Crippen LogP contribution in [0.3, 0.4) is 0 Å². The Kier molecular flexibility index (Phi) is 5.48. The van der Waals surface area contributed by atoms with E-state index in [1.165, 1.54) is 19.3 Å². The third-order valence-corrected chi connectivity index (χ3v) is 9.20. The quantitative estimate of drug-likeness (QED) is 0.504. The first-order chi connectivity index (χ1) is 18.1. The summed E-state index contributed by atoms with van der Waals surface area (Å²) in [5, 5.41) is 3.49. The van der Waals surface area contributed by atoms with Gasteiger partial charge in [0.1, 0.15) is 12.4 Å². The molecule has 4 aliphatic carbocycles. The van der Waals surface area contributed by atoms with Gasteiger partial charge < -0.3 is 14.5 Å². The summed E-state index contributed by atoms with van der Waals surface area (Å²) in [6, 6.07) is 15.4. The van der Waals surface area contributed by atoms with Crippen LogP contribution in [0.5, 0.6) is 0 Å². The number of hydrogen-bond donors (Lipinski definition) is 1. The third-order valence-electron chi connectivity index (χ3n) is 9.20. The summed E-state index contributed by atoms with van der Waals surface area (Å²) < 4.78 is 7.65. The van der Waals surface area contributed by atoms with Gasteiger partial charge in [-0.15, -0.1) is 0 Å². The third kappa shape index (κ3) is 4.09. The second-order valence-electron chi connectivity index (χ2n) is 11.8. The van der Waals surface area contributed by atoms with Crippen LogP contribution < -0.4 is 5.32 Å². The lowest BCUT2D eigenvalue weighted by Gasteiger charge is -2.56. The van der Waals surface area contributed by atoms with Crippen molar-refractivity contribution in [1.82, 2.24) is 19.6 Å². The molecule has 1 saturated heterocycles. The Bertz CT molecular complexity index is 1300. The smallest absolute Gasteiger partial charge is 0.410 e. The van der Waals surface area contributed by atoms with Crippen molar-refractivity contribution < 1.29 is 14.3 Å². The SMILES string of the molecule is O=C(NC12CC3CC(CC(C3)C1)C2)c1nc(C2CCCN2C(=O)OCc2ccccc2)n2ccccc12. The van der Waals surface area contributed by atoms with Crippen LogP contribution in [-0.2, 0) is 11.3 Å². The van der Waals surface area contributed by atoms with Gasteiger partial charge in [0.05, 0.1) is 11.6 Å². The highest BCUT2D eigenvalue weighted by Gasteiger charge is 2.51. The molecule has 1 aliphatic heterocycles. The number of ether oxygens (including phenoxy) is 1. The molecule has 2 amide bonds. The zero-order valence-corrected chi connectivity index (χ0v) is 21.1. The number of nitrogens with zero attached hydrogens (tertiary/aromatic N) is 3. The number of nitrogens with one attached hydrogen (secondary N) is 1. The zero-order valence-electron chi connectivity index (χ0n) is 21.1. The molecular weight excluding hydrogens is 464 g/mol. The predicted octanol–water partition coefficient (Wildman–Crippen LogP) is 5.51. The van der Waals surface area contributed by atoms with E-state index in [2.05, 4.69) is 5.32 Å². The van der Waals surface area contributed by atoms with Crippen LogP contribution in [0.4, 0.5) is 4.79 Å². The van der Waals surface area contributed by atoms with Gasteiger partial charge in [-0.2, -0.15) is 0 Å². The summed E-state index contributed by atoms with van der Waals surface area (Å²) in [5.74, 6) is 2.94. The second-order valence-corrected chi connectivity index (χ2v) is 11.8. The Morgan fingerprint density at radius 3 is 2.41 bits per heavy atom. The molecular formula is C30H34N4O3. The van der Waals surface area contributed by atoms with Gasteiger partial charge in [-0.05, 0) is 86.8 Å². The van der Waals surface area contributed by atoms with Gasteiger partial charge in [-0.25, -0.2) is 9.78 Å². The minimum atomic E-state index is -0.335. The number of likely N-dealkylation sites (tertiary alicyclic amines) is 1. The van der Waals surface area contributed by atoms with Crippen LogP contribution in [0.1, 0.15) is 79.3 Å². The second kappa shape index (κ2) is 8.89. The standard InChI is InChI=1S/C30H34N4O3/c35-28(32-30-16-21-13-22(17-30)15-23(14-21)18-30)26-24-9-4-5-11-33(24)27(31-26)25-10-6-12-34(25)29(36)37-19-20-7-2-1-3-8-20/h1-5,7-9,11,21-23,25H,6,10,12-19H2,(H,32,35). The molecule has 37 heavy (non-hydrogen) atoms. The minimum absolute atomic E-state index is 0.0721. The molecule has 0 radical (unpaired) electrons.